The van der Waals surface area contributed by atoms with Gasteiger partial charge in [0.25, 0.3) is 0 Å². The van der Waals surface area contributed by atoms with E-state index in [1.165, 1.54) is 27.6 Å². The summed E-state index contributed by atoms with van der Waals surface area (Å²) in [5, 5.41) is 1.30. The van der Waals surface area contributed by atoms with Gasteiger partial charge in [0.1, 0.15) is 5.75 Å². The number of hydrogen-bond acceptors (Lipinski definition) is 2. The number of aromatic nitrogens is 1. The zero-order valence-corrected chi connectivity index (χ0v) is 15.8. The quantitative estimate of drug-likeness (QED) is 0.653. The molecule has 0 fully saturated rings. The van der Waals surface area contributed by atoms with Crippen LogP contribution < -0.4 is 4.74 Å². The van der Waals surface area contributed by atoms with Crippen LogP contribution in [0.5, 0.6) is 5.75 Å². The van der Waals surface area contributed by atoms with Crippen LogP contribution in [0.1, 0.15) is 17.5 Å². The Kier molecular flexibility index (Phi) is 4.64. The summed E-state index contributed by atoms with van der Waals surface area (Å²) in [7, 11) is 1.70. The van der Waals surface area contributed by atoms with Gasteiger partial charge in [-0.3, -0.25) is 4.90 Å². The first-order valence-corrected chi connectivity index (χ1v) is 9.33. The Balaban J connectivity index is 1.48. The summed E-state index contributed by atoms with van der Waals surface area (Å²) in [5.41, 5.74) is 5.30. The lowest BCUT2D eigenvalue weighted by molar-refractivity contribution is 0.294. The summed E-state index contributed by atoms with van der Waals surface area (Å²) in [6, 6.07) is 14.8. The first-order valence-electron chi connectivity index (χ1n) is 8.54. The van der Waals surface area contributed by atoms with Crippen molar-refractivity contribution >= 4 is 32.4 Å². The van der Waals surface area contributed by atoms with Gasteiger partial charge in [0.2, 0.25) is 0 Å². The van der Waals surface area contributed by atoms with E-state index in [2.05, 4.69) is 68.4 Å². The second-order valence-electron chi connectivity index (χ2n) is 6.45. The first kappa shape index (κ1) is 16.4. The molecule has 0 bridgehead atoms. The summed E-state index contributed by atoms with van der Waals surface area (Å²) in [6.45, 7) is 3.05. The Morgan fingerprint density at radius 2 is 2.00 bits per heavy atom. The number of nitrogens with zero attached hydrogens (tertiary/aromatic N) is 1. The number of aromatic amines is 1. The maximum Gasteiger partial charge on any atom is 0.118 e. The van der Waals surface area contributed by atoms with E-state index < -0.39 is 0 Å². The lowest BCUT2D eigenvalue weighted by Crippen LogP contribution is -2.27. The third-order valence-electron chi connectivity index (χ3n) is 4.85. The molecule has 0 atom stereocenters. The smallest absolute Gasteiger partial charge is 0.118 e. The van der Waals surface area contributed by atoms with Crippen molar-refractivity contribution in [3.05, 3.63) is 70.3 Å². The predicted molar refractivity (Wildman–Crippen MR) is 107 cm³/mol. The predicted octanol–water partition coefficient (Wildman–Crippen LogP) is 5.23. The van der Waals surface area contributed by atoms with Crippen LogP contribution in [0.15, 0.2) is 59.2 Å². The van der Waals surface area contributed by atoms with Crippen molar-refractivity contribution in [3.8, 4) is 5.75 Å². The molecule has 0 spiro atoms. The average molecular weight is 397 g/mol. The molecule has 2 heterocycles. The Labute approximate surface area is 156 Å². The number of fused-ring (bicyclic) bond motifs is 1. The van der Waals surface area contributed by atoms with Crippen molar-refractivity contribution < 1.29 is 4.74 Å². The van der Waals surface area contributed by atoms with Crippen molar-refractivity contribution in [1.29, 1.82) is 0 Å². The molecule has 0 radical (unpaired) electrons. The van der Waals surface area contributed by atoms with Crippen LogP contribution in [-0.4, -0.2) is 30.1 Å². The third kappa shape index (κ3) is 3.51. The van der Waals surface area contributed by atoms with E-state index in [4.69, 9.17) is 4.74 Å². The van der Waals surface area contributed by atoms with Gasteiger partial charge in [-0.05, 0) is 47.9 Å². The number of hydrogen-bond donors (Lipinski definition) is 1. The maximum absolute atomic E-state index is 5.23. The van der Waals surface area contributed by atoms with Crippen LogP contribution in [0, 0.1) is 0 Å². The molecule has 3 aromatic rings. The Morgan fingerprint density at radius 1 is 1.16 bits per heavy atom. The van der Waals surface area contributed by atoms with E-state index in [-0.39, 0.29) is 0 Å². The number of methoxy groups -OCH3 is 1. The summed E-state index contributed by atoms with van der Waals surface area (Å²) in [4.78, 5) is 5.87. The van der Waals surface area contributed by atoms with Crippen molar-refractivity contribution in [1.82, 2.24) is 9.88 Å². The first-order chi connectivity index (χ1) is 12.2. The van der Waals surface area contributed by atoms with Crippen LogP contribution in [0.3, 0.4) is 0 Å². The Bertz CT molecular complexity index is 911. The molecule has 1 N–H and O–H groups in total. The largest absolute Gasteiger partial charge is 0.497 e. The minimum absolute atomic E-state index is 0.912. The standard InChI is InChI=1S/C21H21BrN2O/c1-25-18-5-2-15(3-6-18)14-24-10-8-16(9-11-24)20-13-23-21-7-4-17(22)12-19(20)21/h2-8,12-13,23H,9-11,14H2,1H3. The topological polar surface area (TPSA) is 28.3 Å². The molecule has 1 aliphatic rings. The van der Waals surface area contributed by atoms with Gasteiger partial charge in [-0.15, -0.1) is 0 Å². The van der Waals surface area contributed by atoms with Crippen LogP contribution >= 0.6 is 15.9 Å². The zero-order chi connectivity index (χ0) is 17.2. The normalized spacial score (nSPS) is 15.4. The number of H-pyrrole nitrogens is 1. The zero-order valence-electron chi connectivity index (χ0n) is 14.3. The number of benzene rings is 2. The second-order valence-corrected chi connectivity index (χ2v) is 7.37. The number of rotatable bonds is 4. The molecule has 25 heavy (non-hydrogen) atoms. The third-order valence-corrected chi connectivity index (χ3v) is 5.34. The molecule has 4 heteroatoms. The average Bonchev–Trinajstić information content (AvgIpc) is 3.06. The van der Waals surface area contributed by atoms with E-state index >= 15 is 0 Å². The fourth-order valence-electron chi connectivity index (χ4n) is 3.45. The lowest BCUT2D eigenvalue weighted by Gasteiger charge is -2.26. The lowest BCUT2D eigenvalue weighted by atomic mass is 9.98. The fraction of sp³-hybridized carbons (Fsp3) is 0.238. The maximum atomic E-state index is 5.23. The van der Waals surface area contributed by atoms with E-state index in [1.807, 2.05) is 12.1 Å². The number of halogens is 1. The summed E-state index contributed by atoms with van der Waals surface area (Å²) in [5.74, 6) is 0.912. The molecule has 0 aliphatic carbocycles. The van der Waals surface area contributed by atoms with Crippen LogP contribution in [0.2, 0.25) is 0 Å². The van der Waals surface area contributed by atoms with Gasteiger partial charge in [0, 0.05) is 46.8 Å². The molecule has 128 valence electrons. The van der Waals surface area contributed by atoms with E-state index in [0.29, 0.717) is 0 Å². The van der Waals surface area contributed by atoms with Gasteiger partial charge in [-0.25, -0.2) is 0 Å². The molecule has 0 saturated carbocycles. The van der Waals surface area contributed by atoms with E-state index in [0.717, 1.165) is 36.3 Å². The molecule has 3 nitrogen and oxygen atoms in total. The Hall–Kier alpha value is -2.04. The van der Waals surface area contributed by atoms with Gasteiger partial charge in [0.05, 0.1) is 7.11 Å². The second kappa shape index (κ2) is 7.06. The SMILES string of the molecule is COc1ccc(CN2CC=C(c3c[nH]c4ccc(Br)cc34)CC2)cc1. The molecule has 1 aliphatic heterocycles. The van der Waals surface area contributed by atoms with Gasteiger partial charge < -0.3 is 9.72 Å². The summed E-state index contributed by atoms with van der Waals surface area (Å²) >= 11 is 3.58. The van der Waals surface area contributed by atoms with Crippen molar-refractivity contribution in [2.45, 2.75) is 13.0 Å². The minimum Gasteiger partial charge on any atom is -0.497 e. The van der Waals surface area contributed by atoms with E-state index in [9.17, 15) is 0 Å². The van der Waals surface area contributed by atoms with Crippen molar-refractivity contribution in [3.63, 3.8) is 0 Å². The molecular formula is C21H21BrN2O. The monoisotopic (exact) mass is 396 g/mol. The molecule has 2 aromatic carbocycles. The number of nitrogens with one attached hydrogen (secondary N) is 1. The van der Waals surface area contributed by atoms with Gasteiger partial charge in [0.15, 0.2) is 0 Å². The highest BCUT2D eigenvalue weighted by molar-refractivity contribution is 9.10. The summed E-state index contributed by atoms with van der Waals surface area (Å²) in [6.07, 6.45) is 5.59. The van der Waals surface area contributed by atoms with Crippen molar-refractivity contribution in [2.24, 2.45) is 0 Å². The van der Waals surface area contributed by atoms with Gasteiger partial charge >= 0.3 is 0 Å². The molecule has 0 unspecified atom stereocenters. The Morgan fingerprint density at radius 3 is 2.72 bits per heavy atom. The summed E-state index contributed by atoms with van der Waals surface area (Å²) < 4.78 is 6.35. The van der Waals surface area contributed by atoms with Gasteiger partial charge in [-0.1, -0.05) is 34.1 Å². The highest BCUT2D eigenvalue weighted by Crippen LogP contribution is 2.31. The van der Waals surface area contributed by atoms with Crippen molar-refractivity contribution in [2.75, 3.05) is 20.2 Å². The molecule has 0 saturated heterocycles. The van der Waals surface area contributed by atoms with Crippen LogP contribution in [0.4, 0.5) is 0 Å². The molecule has 4 rings (SSSR count). The van der Waals surface area contributed by atoms with Gasteiger partial charge in [-0.2, -0.15) is 0 Å². The molecule has 0 amide bonds. The fourth-order valence-corrected chi connectivity index (χ4v) is 3.81. The number of ether oxygens (including phenoxy) is 1. The highest BCUT2D eigenvalue weighted by Gasteiger charge is 2.16. The molecular weight excluding hydrogens is 376 g/mol. The van der Waals surface area contributed by atoms with Crippen LogP contribution in [-0.2, 0) is 6.54 Å². The minimum atomic E-state index is 0.912. The van der Waals surface area contributed by atoms with E-state index in [1.54, 1.807) is 7.11 Å². The van der Waals surface area contributed by atoms with Crippen LogP contribution in [0.25, 0.3) is 16.5 Å². The highest BCUT2D eigenvalue weighted by atomic mass is 79.9. The molecule has 1 aromatic heterocycles.